The van der Waals surface area contributed by atoms with Crippen molar-refractivity contribution < 1.29 is 19.1 Å². The van der Waals surface area contributed by atoms with E-state index in [0.29, 0.717) is 5.82 Å². The summed E-state index contributed by atoms with van der Waals surface area (Å²) in [5.74, 6) is -0.911. The van der Waals surface area contributed by atoms with Crippen LogP contribution in [0, 0.1) is 0 Å². The second-order valence-corrected chi connectivity index (χ2v) is 4.22. The van der Waals surface area contributed by atoms with Gasteiger partial charge in [0.05, 0.1) is 19.1 Å². The van der Waals surface area contributed by atoms with Gasteiger partial charge in [0.25, 0.3) is 0 Å². The van der Waals surface area contributed by atoms with Gasteiger partial charge in [-0.05, 0) is 11.4 Å². The number of nitrogens with zero attached hydrogens (tertiary/aromatic N) is 1. The van der Waals surface area contributed by atoms with E-state index < -0.39 is 11.9 Å². The molecule has 0 saturated heterocycles. The SMILES string of the molecule is COC(=O)c1nc(-c2cccs2)[nH]c1C(=O)OC. The third kappa shape index (κ3) is 2.12. The number of H-pyrrole nitrogens is 1. The lowest BCUT2D eigenvalue weighted by atomic mass is 10.3. The quantitative estimate of drug-likeness (QED) is 0.855. The number of imidazole rings is 1. The molecule has 0 amide bonds. The fourth-order valence-electron chi connectivity index (χ4n) is 1.40. The molecule has 0 fully saturated rings. The van der Waals surface area contributed by atoms with Crippen LogP contribution in [0.1, 0.15) is 21.0 Å². The molecule has 18 heavy (non-hydrogen) atoms. The van der Waals surface area contributed by atoms with E-state index in [-0.39, 0.29) is 11.4 Å². The first-order valence-electron chi connectivity index (χ1n) is 4.98. The fraction of sp³-hybridized carbons (Fsp3) is 0.182. The van der Waals surface area contributed by atoms with Gasteiger partial charge in [-0.15, -0.1) is 11.3 Å². The van der Waals surface area contributed by atoms with Crippen molar-refractivity contribution >= 4 is 23.3 Å². The van der Waals surface area contributed by atoms with Gasteiger partial charge in [-0.3, -0.25) is 0 Å². The van der Waals surface area contributed by atoms with Crippen LogP contribution in [0.4, 0.5) is 0 Å². The number of methoxy groups -OCH3 is 2. The molecule has 0 atom stereocenters. The molecule has 0 aromatic carbocycles. The molecule has 0 saturated carbocycles. The summed E-state index contributed by atoms with van der Waals surface area (Å²) in [7, 11) is 2.46. The predicted octanol–water partition coefficient (Wildman–Crippen LogP) is 1.71. The number of hydrogen-bond acceptors (Lipinski definition) is 6. The number of rotatable bonds is 3. The van der Waals surface area contributed by atoms with E-state index in [1.165, 1.54) is 25.6 Å². The van der Waals surface area contributed by atoms with Crippen LogP contribution < -0.4 is 0 Å². The number of esters is 2. The van der Waals surface area contributed by atoms with Crippen molar-refractivity contribution in [1.29, 1.82) is 0 Å². The Morgan fingerprint density at radius 2 is 2.00 bits per heavy atom. The molecule has 0 bridgehead atoms. The van der Waals surface area contributed by atoms with Crippen LogP contribution in [0.15, 0.2) is 17.5 Å². The maximum absolute atomic E-state index is 11.5. The van der Waals surface area contributed by atoms with Crippen molar-refractivity contribution in [1.82, 2.24) is 9.97 Å². The van der Waals surface area contributed by atoms with Gasteiger partial charge in [-0.1, -0.05) is 6.07 Å². The zero-order valence-electron chi connectivity index (χ0n) is 9.72. The first-order valence-corrected chi connectivity index (χ1v) is 5.86. The van der Waals surface area contributed by atoms with Gasteiger partial charge in [0, 0.05) is 0 Å². The molecule has 0 spiro atoms. The minimum absolute atomic E-state index is 0.00671. The molecule has 0 aliphatic heterocycles. The third-order valence-corrected chi connectivity index (χ3v) is 3.10. The van der Waals surface area contributed by atoms with Crippen molar-refractivity contribution in [2.45, 2.75) is 0 Å². The zero-order valence-corrected chi connectivity index (χ0v) is 10.5. The Balaban J connectivity index is 2.50. The summed E-state index contributed by atoms with van der Waals surface area (Å²) < 4.78 is 9.16. The molecular weight excluding hydrogens is 256 g/mol. The number of thiophene rings is 1. The summed E-state index contributed by atoms with van der Waals surface area (Å²) >= 11 is 1.44. The van der Waals surface area contributed by atoms with Crippen molar-refractivity contribution in [2.24, 2.45) is 0 Å². The molecule has 0 radical (unpaired) electrons. The highest BCUT2D eigenvalue weighted by atomic mass is 32.1. The second-order valence-electron chi connectivity index (χ2n) is 3.27. The number of ether oxygens (including phenoxy) is 2. The van der Waals surface area contributed by atoms with Gasteiger partial charge < -0.3 is 14.5 Å². The molecule has 7 heteroatoms. The van der Waals surface area contributed by atoms with Crippen molar-refractivity contribution in [3.8, 4) is 10.7 Å². The largest absolute Gasteiger partial charge is 0.464 e. The minimum atomic E-state index is -0.686. The lowest BCUT2D eigenvalue weighted by Crippen LogP contribution is -2.11. The maximum atomic E-state index is 11.5. The number of carbonyl (C=O) groups excluding carboxylic acids is 2. The van der Waals surface area contributed by atoms with Gasteiger partial charge >= 0.3 is 11.9 Å². The first kappa shape index (κ1) is 12.3. The monoisotopic (exact) mass is 266 g/mol. The van der Waals surface area contributed by atoms with Gasteiger partial charge in [0.15, 0.2) is 11.4 Å². The molecule has 6 nitrogen and oxygen atoms in total. The Bertz CT molecular complexity index is 540. The summed E-state index contributed by atoms with van der Waals surface area (Å²) in [5, 5.41) is 1.87. The summed E-state index contributed by atoms with van der Waals surface area (Å²) in [6.45, 7) is 0. The molecule has 2 heterocycles. The van der Waals surface area contributed by atoms with Crippen LogP contribution in [0.5, 0.6) is 0 Å². The Kier molecular flexibility index (Phi) is 3.42. The lowest BCUT2D eigenvalue weighted by Gasteiger charge is -1.97. The molecule has 1 N–H and O–H groups in total. The first-order chi connectivity index (χ1) is 8.67. The van der Waals surface area contributed by atoms with Crippen LogP contribution in [-0.4, -0.2) is 36.1 Å². The van der Waals surface area contributed by atoms with Crippen molar-refractivity contribution in [2.75, 3.05) is 14.2 Å². The summed E-state index contributed by atoms with van der Waals surface area (Å²) in [5.41, 5.74) is -0.0829. The van der Waals surface area contributed by atoms with Crippen molar-refractivity contribution in [3.05, 3.63) is 28.9 Å². The number of nitrogens with one attached hydrogen (secondary N) is 1. The zero-order chi connectivity index (χ0) is 13.1. The summed E-state index contributed by atoms with van der Waals surface area (Å²) in [4.78, 5) is 30.7. The molecular formula is C11H10N2O4S. The van der Waals surface area contributed by atoms with E-state index >= 15 is 0 Å². The highest BCUT2D eigenvalue weighted by Gasteiger charge is 2.24. The summed E-state index contributed by atoms with van der Waals surface area (Å²) in [6, 6.07) is 3.67. The van der Waals surface area contributed by atoms with E-state index in [4.69, 9.17) is 0 Å². The van der Waals surface area contributed by atoms with Gasteiger partial charge in [-0.2, -0.15) is 0 Å². The van der Waals surface area contributed by atoms with Gasteiger partial charge in [0.2, 0.25) is 0 Å². The van der Waals surface area contributed by atoms with Crippen LogP contribution in [0.25, 0.3) is 10.7 Å². The minimum Gasteiger partial charge on any atom is -0.464 e. The Hall–Kier alpha value is -2.15. The number of aromatic amines is 1. The second kappa shape index (κ2) is 5.01. The van der Waals surface area contributed by atoms with E-state index in [1.54, 1.807) is 0 Å². The average Bonchev–Trinajstić information content (AvgIpc) is 3.04. The fourth-order valence-corrected chi connectivity index (χ4v) is 2.07. The van der Waals surface area contributed by atoms with E-state index in [9.17, 15) is 9.59 Å². The van der Waals surface area contributed by atoms with Crippen LogP contribution in [-0.2, 0) is 9.47 Å². The highest BCUT2D eigenvalue weighted by molar-refractivity contribution is 7.13. The molecule has 2 rings (SSSR count). The molecule has 0 aliphatic rings. The van der Waals surface area contributed by atoms with E-state index in [1.807, 2.05) is 17.5 Å². The van der Waals surface area contributed by atoms with Crippen molar-refractivity contribution in [3.63, 3.8) is 0 Å². The molecule has 2 aromatic heterocycles. The standard InChI is InChI=1S/C11H10N2O4S/c1-16-10(14)7-8(11(15)17-2)13-9(12-7)6-4-3-5-18-6/h3-5H,1-2H3,(H,12,13). The van der Waals surface area contributed by atoms with Crippen LogP contribution in [0.2, 0.25) is 0 Å². The molecule has 2 aromatic rings. The number of carbonyl (C=O) groups is 2. The van der Waals surface area contributed by atoms with Crippen LogP contribution >= 0.6 is 11.3 Å². The summed E-state index contributed by atoms with van der Waals surface area (Å²) in [6.07, 6.45) is 0. The third-order valence-electron chi connectivity index (χ3n) is 2.23. The highest BCUT2D eigenvalue weighted by Crippen LogP contribution is 2.23. The molecule has 0 aliphatic carbocycles. The van der Waals surface area contributed by atoms with Gasteiger partial charge in [0.1, 0.15) is 5.82 Å². The molecule has 0 unspecified atom stereocenters. The number of hydrogen-bond donors (Lipinski definition) is 1. The Morgan fingerprint density at radius 1 is 1.28 bits per heavy atom. The average molecular weight is 266 g/mol. The van der Waals surface area contributed by atoms with E-state index in [2.05, 4.69) is 19.4 Å². The maximum Gasteiger partial charge on any atom is 0.359 e. The molecule has 94 valence electrons. The predicted molar refractivity (Wildman–Crippen MR) is 64.6 cm³/mol. The topological polar surface area (TPSA) is 81.3 Å². The van der Waals surface area contributed by atoms with Gasteiger partial charge in [-0.25, -0.2) is 14.6 Å². The van der Waals surface area contributed by atoms with Crippen LogP contribution in [0.3, 0.4) is 0 Å². The number of aromatic nitrogens is 2. The smallest absolute Gasteiger partial charge is 0.359 e. The van der Waals surface area contributed by atoms with E-state index in [0.717, 1.165) is 4.88 Å². The normalized spacial score (nSPS) is 10.1. The Labute approximate surface area is 107 Å². The Morgan fingerprint density at radius 3 is 2.56 bits per heavy atom. The lowest BCUT2D eigenvalue weighted by molar-refractivity contribution is 0.0548.